The molecule has 2 N–H and O–H groups in total. The van der Waals surface area contributed by atoms with Crippen LogP contribution in [0.5, 0.6) is 0 Å². The molecule has 0 bridgehead atoms. The van der Waals surface area contributed by atoms with Crippen LogP contribution in [0.25, 0.3) is 0 Å². The Morgan fingerprint density at radius 3 is 1.50 bits per heavy atom. The van der Waals surface area contributed by atoms with Crippen LogP contribution in [0.2, 0.25) is 0 Å². The van der Waals surface area contributed by atoms with Gasteiger partial charge in [0.15, 0.2) is 0 Å². The van der Waals surface area contributed by atoms with Crippen LogP contribution in [0.4, 0.5) is 0 Å². The van der Waals surface area contributed by atoms with Crippen molar-refractivity contribution in [3.63, 3.8) is 0 Å². The fourth-order valence-electron chi connectivity index (χ4n) is 1.06. The van der Waals surface area contributed by atoms with Gasteiger partial charge in [0.2, 0.25) is 0 Å². The van der Waals surface area contributed by atoms with Crippen LogP contribution in [0.1, 0.15) is 20.7 Å². The van der Waals surface area contributed by atoms with E-state index >= 15 is 0 Å². The van der Waals surface area contributed by atoms with Crippen molar-refractivity contribution < 1.29 is 29.3 Å². The zero-order valence-electron chi connectivity index (χ0n) is 10.3. The number of hydrogen-bond acceptors (Lipinski definition) is 6. The monoisotopic (exact) mass is 256 g/mol. The maximum absolute atomic E-state index is 11.2. The van der Waals surface area contributed by atoms with Gasteiger partial charge in [0, 0.05) is 0 Å². The van der Waals surface area contributed by atoms with Crippen LogP contribution < -0.4 is 0 Å². The first-order chi connectivity index (χ1) is 8.62. The van der Waals surface area contributed by atoms with Gasteiger partial charge in [0.25, 0.3) is 0 Å². The van der Waals surface area contributed by atoms with E-state index in [4.69, 9.17) is 10.2 Å². The lowest BCUT2D eigenvalue weighted by molar-refractivity contribution is 0.0555. The van der Waals surface area contributed by atoms with Gasteiger partial charge in [-0.05, 0) is 12.1 Å². The van der Waals surface area contributed by atoms with Crippen LogP contribution in [0.3, 0.4) is 0 Å². The lowest BCUT2D eigenvalue weighted by atomic mass is 10.1. The Morgan fingerprint density at radius 2 is 1.28 bits per heavy atom. The third-order valence-corrected chi connectivity index (χ3v) is 1.84. The second kappa shape index (κ2) is 9.15. The van der Waals surface area contributed by atoms with Crippen molar-refractivity contribution in [2.45, 2.75) is 0 Å². The molecule has 0 aromatic heterocycles. The second-order valence-electron chi connectivity index (χ2n) is 2.98. The van der Waals surface area contributed by atoms with E-state index in [1.54, 1.807) is 12.1 Å². The summed E-state index contributed by atoms with van der Waals surface area (Å²) in [5.41, 5.74) is 0.420. The van der Waals surface area contributed by atoms with Crippen molar-refractivity contribution in [2.75, 3.05) is 27.4 Å². The summed E-state index contributed by atoms with van der Waals surface area (Å²) in [7, 11) is 2.52. The number of esters is 2. The average Bonchev–Trinajstić information content (AvgIpc) is 2.45. The summed E-state index contributed by atoms with van der Waals surface area (Å²) in [5.74, 6) is -1.10. The molecule has 0 saturated carbocycles. The van der Waals surface area contributed by atoms with Crippen LogP contribution >= 0.6 is 0 Å². The predicted molar refractivity (Wildman–Crippen MR) is 63.3 cm³/mol. The molecule has 1 rings (SSSR count). The SMILES string of the molecule is COC(=O)c1ccccc1C(=O)OC.OCCO. The van der Waals surface area contributed by atoms with E-state index in [-0.39, 0.29) is 24.3 Å². The molecule has 0 aliphatic heterocycles. The lowest BCUT2D eigenvalue weighted by Crippen LogP contribution is -2.11. The quantitative estimate of drug-likeness (QED) is 0.752. The highest BCUT2D eigenvalue weighted by Crippen LogP contribution is 2.10. The molecule has 18 heavy (non-hydrogen) atoms. The van der Waals surface area contributed by atoms with Gasteiger partial charge < -0.3 is 19.7 Å². The summed E-state index contributed by atoms with van der Waals surface area (Å²) < 4.78 is 9.05. The molecular weight excluding hydrogens is 240 g/mol. The van der Waals surface area contributed by atoms with Gasteiger partial charge in [-0.25, -0.2) is 9.59 Å². The van der Waals surface area contributed by atoms with Gasteiger partial charge in [-0.1, -0.05) is 12.1 Å². The summed E-state index contributed by atoms with van der Waals surface area (Å²) in [5, 5.41) is 15.2. The molecule has 0 radical (unpaired) electrons. The molecule has 1 aromatic rings. The van der Waals surface area contributed by atoms with Crippen molar-refractivity contribution >= 4 is 11.9 Å². The molecule has 0 aliphatic rings. The minimum absolute atomic E-state index is 0.125. The molecule has 0 saturated heterocycles. The second-order valence-corrected chi connectivity index (χ2v) is 2.98. The third-order valence-electron chi connectivity index (χ3n) is 1.84. The Morgan fingerprint density at radius 1 is 0.944 bits per heavy atom. The first kappa shape index (κ1) is 16.1. The molecule has 1 aromatic carbocycles. The number of methoxy groups -OCH3 is 2. The van der Waals surface area contributed by atoms with Crippen molar-refractivity contribution in [3.05, 3.63) is 35.4 Å². The van der Waals surface area contributed by atoms with Crippen molar-refractivity contribution in [2.24, 2.45) is 0 Å². The normalized spacial score (nSPS) is 8.89. The molecule has 100 valence electrons. The Labute approximate surface area is 105 Å². The number of carbonyl (C=O) groups excluding carboxylic acids is 2. The number of aliphatic hydroxyl groups is 2. The molecule has 0 heterocycles. The average molecular weight is 256 g/mol. The highest BCUT2D eigenvalue weighted by Gasteiger charge is 2.16. The van der Waals surface area contributed by atoms with E-state index in [2.05, 4.69) is 9.47 Å². The summed E-state index contributed by atoms with van der Waals surface area (Å²) >= 11 is 0. The van der Waals surface area contributed by atoms with Crippen LogP contribution in [-0.2, 0) is 9.47 Å². The lowest BCUT2D eigenvalue weighted by Gasteiger charge is -2.04. The summed E-state index contributed by atoms with van der Waals surface area (Å²) in [6, 6.07) is 6.33. The number of hydrogen-bond donors (Lipinski definition) is 2. The third kappa shape index (κ3) is 4.94. The van der Waals surface area contributed by atoms with Crippen molar-refractivity contribution in [3.8, 4) is 0 Å². The fourth-order valence-corrected chi connectivity index (χ4v) is 1.06. The zero-order valence-corrected chi connectivity index (χ0v) is 10.3. The van der Waals surface area contributed by atoms with E-state index in [9.17, 15) is 9.59 Å². The summed E-state index contributed by atoms with van der Waals surface area (Å²) in [6.45, 7) is -0.250. The standard InChI is InChI=1S/C10H10O4.C2H6O2/c1-13-9(11)7-5-3-4-6-8(7)10(12)14-2;3-1-2-4/h3-6H,1-2H3;3-4H,1-2H2. The Balaban J connectivity index is 0.000000631. The maximum atomic E-state index is 11.2. The van der Waals surface area contributed by atoms with Gasteiger partial charge in [0.05, 0.1) is 38.6 Å². The van der Waals surface area contributed by atoms with Crippen LogP contribution in [0.15, 0.2) is 24.3 Å². The predicted octanol–water partition coefficient (Wildman–Crippen LogP) is 0.231. The van der Waals surface area contributed by atoms with Gasteiger partial charge in [-0.15, -0.1) is 0 Å². The zero-order chi connectivity index (χ0) is 14.0. The molecule has 0 unspecified atom stereocenters. The first-order valence-electron chi connectivity index (χ1n) is 5.09. The summed E-state index contributed by atoms with van der Waals surface area (Å²) in [4.78, 5) is 22.4. The summed E-state index contributed by atoms with van der Waals surface area (Å²) in [6.07, 6.45) is 0. The minimum Gasteiger partial charge on any atom is -0.465 e. The number of rotatable bonds is 3. The van der Waals surface area contributed by atoms with Gasteiger partial charge in [0.1, 0.15) is 0 Å². The number of aliphatic hydroxyl groups excluding tert-OH is 2. The highest BCUT2D eigenvalue weighted by molar-refractivity contribution is 6.02. The number of benzene rings is 1. The minimum atomic E-state index is -0.550. The van der Waals surface area contributed by atoms with Gasteiger partial charge in [-0.2, -0.15) is 0 Å². The first-order valence-corrected chi connectivity index (χ1v) is 5.09. The smallest absolute Gasteiger partial charge is 0.338 e. The van der Waals surface area contributed by atoms with E-state index in [0.29, 0.717) is 0 Å². The molecular formula is C12H16O6. The van der Waals surface area contributed by atoms with Gasteiger partial charge in [-0.3, -0.25) is 0 Å². The molecule has 6 heteroatoms. The topological polar surface area (TPSA) is 93.1 Å². The Kier molecular flexibility index (Phi) is 8.17. The fraction of sp³-hybridized carbons (Fsp3) is 0.333. The van der Waals surface area contributed by atoms with Crippen LogP contribution in [-0.4, -0.2) is 49.6 Å². The molecule has 6 nitrogen and oxygen atoms in total. The highest BCUT2D eigenvalue weighted by atomic mass is 16.5. The van der Waals surface area contributed by atoms with E-state index in [1.165, 1.54) is 26.4 Å². The maximum Gasteiger partial charge on any atom is 0.338 e. The van der Waals surface area contributed by atoms with Crippen LogP contribution in [0, 0.1) is 0 Å². The van der Waals surface area contributed by atoms with Crippen molar-refractivity contribution in [1.29, 1.82) is 0 Å². The Bertz CT molecular complexity index is 351. The molecule has 0 atom stereocenters. The Hall–Kier alpha value is -1.92. The largest absolute Gasteiger partial charge is 0.465 e. The number of carbonyl (C=O) groups is 2. The van der Waals surface area contributed by atoms with E-state index in [1.807, 2.05) is 0 Å². The molecule has 0 aliphatic carbocycles. The van der Waals surface area contributed by atoms with E-state index in [0.717, 1.165) is 0 Å². The van der Waals surface area contributed by atoms with E-state index < -0.39 is 11.9 Å². The molecule has 0 amide bonds. The van der Waals surface area contributed by atoms with Crippen molar-refractivity contribution in [1.82, 2.24) is 0 Å². The number of ether oxygens (including phenoxy) is 2. The van der Waals surface area contributed by atoms with Gasteiger partial charge >= 0.3 is 11.9 Å². The molecule has 0 spiro atoms. The molecule has 0 fully saturated rings.